The maximum atomic E-state index is 14.2. The maximum absolute atomic E-state index is 14.2. The molecule has 0 spiro atoms. The Kier molecular flexibility index (Phi) is 5.28. The highest BCUT2D eigenvalue weighted by molar-refractivity contribution is 6.30. The van der Waals surface area contributed by atoms with Crippen LogP contribution in [0.1, 0.15) is 33.6 Å². The van der Waals surface area contributed by atoms with Crippen LogP contribution in [0.5, 0.6) is 0 Å². The molecule has 2 unspecified atom stereocenters. The Labute approximate surface area is 126 Å². The summed E-state index contributed by atoms with van der Waals surface area (Å²) in [5.74, 6) is 0.278. The van der Waals surface area contributed by atoms with Gasteiger partial charge < -0.3 is 10.2 Å². The minimum atomic E-state index is -0.183. The average Bonchev–Trinajstić information content (AvgIpc) is 2.41. The van der Waals surface area contributed by atoms with E-state index >= 15 is 0 Å². The van der Waals surface area contributed by atoms with Gasteiger partial charge in [0.2, 0.25) is 0 Å². The molecule has 0 saturated carbocycles. The number of nitrogens with zero attached hydrogens (tertiary/aromatic N) is 1. The second-order valence-electron chi connectivity index (χ2n) is 5.95. The van der Waals surface area contributed by atoms with Crippen molar-refractivity contribution in [1.82, 2.24) is 5.32 Å². The van der Waals surface area contributed by atoms with Gasteiger partial charge in [-0.25, -0.2) is 4.39 Å². The third-order valence-corrected chi connectivity index (χ3v) is 4.29. The van der Waals surface area contributed by atoms with Crippen LogP contribution in [0, 0.1) is 11.7 Å². The van der Waals surface area contributed by atoms with Gasteiger partial charge >= 0.3 is 0 Å². The fourth-order valence-corrected chi connectivity index (χ4v) is 3.12. The summed E-state index contributed by atoms with van der Waals surface area (Å²) in [6.45, 7) is 8.28. The molecule has 1 heterocycles. The zero-order chi connectivity index (χ0) is 14.7. The van der Waals surface area contributed by atoms with Crippen molar-refractivity contribution in [2.24, 2.45) is 5.92 Å². The summed E-state index contributed by atoms with van der Waals surface area (Å²) < 4.78 is 14.2. The van der Waals surface area contributed by atoms with Crippen LogP contribution in [0.3, 0.4) is 0 Å². The van der Waals surface area contributed by atoms with Crippen molar-refractivity contribution >= 4 is 17.3 Å². The first-order chi connectivity index (χ1) is 9.52. The molecule has 2 atom stereocenters. The lowest BCUT2D eigenvalue weighted by atomic mass is 9.96. The van der Waals surface area contributed by atoms with Crippen LogP contribution >= 0.6 is 11.6 Å². The Hall–Kier alpha value is -0.800. The fourth-order valence-electron chi connectivity index (χ4n) is 2.96. The summed E-state index contributed by atoms with van der Waals surface area (Å²) in [6, 6.07) is 5.55. The largest absolute Gasteiger partial charge is 0.363 e. The number of piperazine rings is 1. The topological polar surface area (TPSA) is 15.3 Å². The predicted molar refractivity (Wildman–Crippen MR) is 84.1 cm³/mol. The second kappa shape index (κ2) is 6.77. The van der Waals surface area contributed by atoms with Crippen LogP contribution in [-0.2, 0) is 0 Å². The van der Waals surface area contributed by atoms with Gasteiger partial charge in [-0.2, -0.15) is 0 Å². The van der Waals surface area contributed by atoms with Gasteiger partial charge in [0.1, 0.15) is 5.82 Å². The summed E-state index contributed by atoms with van der Waals surface area (Å²) in [7, 11) is 0. The van der Waals surface area contributed by atoms with Crippen LogP contribution < -0.4 is 10.2 Å². The Morgan fingerprint density at radius 1 is 1.45 bits per heavy atom. The smallest absolute Gasteiger partial charge is 0.146 e. The molecule has 2 nitrogen and oxygen atoms in total. The molecule has 1 aromatic carbocycles. The Morgan fingerprint density at radius 2 is 2.20 bits per heavy atom. The summed E-state index contributed by atoms with van der Waals surface area (Å²) in [5, 5.41) is 4.18. The molecule has 1 aliphatic rings. The van der Waals surface area contributed by atoms with E-state index in [0.717, 1.165) is 25.9 Å². The lowest BCUT2D eigenvalue weighted by Gasteiger charge is -2.44. The highest BCUT2D eigenvalue weighted by Crippen LogP contribution is 2.29. The summed E-state index contributed by atoms with van der Waals surface area (Å²) in [5.41, 5.74) is 0.638. The Bertz CT molecular complexity index is 450. The minimum absolute atomic E-state index is 0.183. The average molecular weight is 299 g/mol. The molecular weight excluding hydrogens is 275 g/mol. The zero-order valence-electron chi connectivity index (χ0n) is 12.5. The van der Waals surface area contributed by atoms with E-state index in [1.54, 1.807) is 12.1 Å². The number of rotatable bonds is 4. The van der Waals surface area contributed by atoms with Crippen molar-refractivity contribution < 1.29 is 4.39 Å². The number of hydrogen-bond acceptors (Lipinski definition) is 2. The molecule has 0 aromatic heterocycles. The van der Waals surface area contributed by atoms with E-state index in [9.17, 15) is 4.39 Å². The van der Waals surface area contributed by atoms with Crippen molar-refractivity contribution in [1.29, 1.82) is 0 Å². The molecule has 0 bridgehead atoms. The first-order valence-corrected chi connectivity index (χ1v) is 7.85. The molecule has 0 amide bonds. The number of anilines is 1. The molecule has 1 aromatic rings. The van der Waals surface area contributed by atoms with Gasteiger partial charge in [-0.05, 0) is 30.5 Å². The highest BCUT2D eigenvalue weighted by atomic mass is 35.5. The SMILES string of the molecule is CCCC1CN(c2cc(Cl)ccc2F)C(C(C)C)CN1. The van der Waals surface area contributed by atoms with Crippen molar-refractivity contribution in [3.63, 3.8) is 0 Å². The van der Waals surface area contributed by atoms with Crippen LogP contribution in [0.25, 0.3) is 0 Å². The molecule has 1 aliphatic heterocycles. The quantitative estimate of drug-likeness (QED) is 0.901. The number of hydrogen-bond donors (Lipinski definition) is 1. The van der Waals surface area contributed by atoms with Gasteiger partial charge in [-0.3, -0.25) is 0 Å². The summed E-state index contributed by atoms with van der Waals surface area (Å²) in [6.07, 6.45) is 2.25. The van der Waals surface area contributed by atoms with Gasteiger partial charge in [0, 0.05) is 30.2 Å². The van der Waals surface area contributed by atoms with E-state index in [1.807, 2.05) is 0 Å². The lowest BCUT2D eigenvalue weighted by molar-refractivity contribution is 0.325. The van der Waals surface area contributed by atoms with Crippen LogP contribution in [0.4, 0.5) is 10.1 Å². The molecule has 1 N–H and O–H groups in total. The predicted octanol–water partition coefficient (Wildman–Crippen LogP) is 4.08. The summed E-state index contributed by atoms with van der Waals surface area (Å²) in [4.78, 5) is 2.20. The van der Waals surface area contributed by atoms with Crippen LogP contribution in [0.15, 0.2) is 18.2 Å². The first-order valence-electron chi connectivity index (χ1n) is 7.48. The van der Waals surface area contributed by atoms with Crippen molar-refractivity contribution in [2.45, 2.75) is 45.7 Å². The first kappa shape index (κ1) is 15.6. The molecule has 1 fully saturated rings. The fraction of sp³-hybridized carbons (Fsp3) is 0.625. The van der Waals surface area contributed by atoms with E-state index in [-0.39, 0.29) is 5.82 Å². The molecule has 0 radical (unpaired) electrons. The van der Waals surface area contributed by atoms with Gasteiger partial charge in [0.15, 0.2) is 0 Å². The van der Waals surface area contributed by atoms with E-state index in [2.05, 4.69) is 31.0 Å². The van der Waals surface area contributed by atoms with Gasteiger partial charge in [0.05, 0.1) is 5.69 Å². The van der Waals surface area contributed by atoms with Crippen molar-refractivity contribution in [3.8, 4) is 0 Å². The maximum Gasteiger partial charge on any atom is 0.146 e. The van der Waals surface area contributed by atoms with Crippen LogP contribution in [-0.4, -0.2) is 25.2 Å². The molecule has 4 heteroatoms. The standard InChI is InChI=1S/C16H24ClFN2/c1-4-5-13-10-20(16(9-19-13)11(2)3)15-8-12(17)6-7-14(15)18/h6-8,11,13,16,19H,4-5,9-10H2,1-3H3. The molecule has 0 aliphatic carbocycles. The van der Waals surface area contributed by atoms with Crippen LogP contribution in [0.2, 0.25) is 5.02 Å². The normalized spacial score (nSPS) is 23.4. The molecule has 112 valence electrons. The zero-order valence-corrected chi connectivity index (χ0v) is 13.3. The van der Waals surface area contributed by atoms with E-state index in [0.29, 0.717) is 28.7 Å². The van der Waals surface area contributed by atoms with Crippen molar-refractivity contribution in [3.05, 3.63) is 29.0 Å². The third kappa shape index (κ3) is 3.44. The van der Waals surface area contributed by atoms with E-state index in [4.69, 9.17) is 11.6 Å². The van der Waals surface area contributed by atoms with E-state index < -0.39 is 0 Å². The Morgan fingerprint density at radius 3 is 2.85 bits per heavy atom. The molecular formula is C16H24ClFN2. The second-order valence-corrected chi connectivity index (χ2v) is 6.39. The number of nitrogens with one attached hydrogen (secondary N) is 1. The van der Waals surface area contributed by atoms with E-state index in [1.165, 1.54) is 6.07 Å². The van der Waals surface area contributed by atoms with Gasteiger partial charge in [-0.1, -0.05) is 38.8 Å². The molecule has 2 rings (SSSR count). The molecule has 20 heavy (non-hydrogen) atoms. The number of benzene rings is 1. The lowest BCUT2D eigenvalue weighted by Crippen LogP contribution is -2.58. The minimum Gasteiger partial charge on any atom is -0.363 e. The van der Waals surface area contributed by atoms with Gasteiger partial charge in [-0.15, -0.1) is 0 Å². The Balaban J connectivity index is 2.28. The van der Waals surface area contributed by atoms with Gasteiger partial charge in [0.25, 0.3) is 0 Å². The van der Waals surface area contributed by atoms with Crippen molar-refractivity contribution in [2.75, 3.05) is 18.0 Å². The molecule has 1 saturated heterocycles. The highest BCUT2D eigenvalue weighted by Gasteiger charge is 2.31. The monoisotopic (exact) mass is 298 g/mol. The summed E-state index contributed by atoms with van der Waals surface area (Å²) >= 11 is 6.05. The third-order valence-electron chi connectivity index (χ3n) is 4.06. The number of halogens is 2.